The largest absolute Gasteiger partial charge is 0.481 e. The van der Waals surface area contributed by atoms with E-state index in [1.807, 2.05) is 12.1 Å². The number of rotatable bonds is 3. The summed E-state index contributed by atoms with van der Waals surface area (Å²) in [5.41, 5.74) is 7.27. The molecule has 0 amide bonds. The second-order valence-electron chi connectivity index (χ2n) is 4.08. The smallest absolute Gasteiger partial charge is 0.217 e. The van der Waals surface area contributed by atoms with Gasteiger partial charge in [0.05, 0.1) is 7.11 Å². The Balaban J connectivity index is 2.15. The zero-order chi connectivity index (χ0) is 11.4. The van der Waals surface area contributed by atoms with E-state index in [0.29, 0.717) is 11.8 Å². The molecule has 0 aliphatic carbocycles. The average molecular weight is 222 g/mol. The van der Waals surface area contributed by atoms with Crippen molar-refractivity contribution in [3.63, 3.8) is 0 Å². The van der Waals surface area contributed by atoms with Crippen LogP contribution >= 0.6 is 0 Å². The van der Waals surface area contributed by atoms with E-state index in [9.17, 15) is 0 Å². The second kappa shape index (κ2) is 5.27. The van der Waals surface area contributed by atoms with Crippen molar-refractivity contribution in [3.05, 3.63) is 23.9 Å². The number of ether oxygens (including phenoxy) is 2. The molecule has 0 aromatic carbocycles. The minimum Gasteiger partial charge on any atom is -0.481 e. The summed E-state index contributed by atoms with van der Waals surface area (Å²) < 4.78 is 10.6. The van der Waals surface area contributed by atoms with Crippen LogP contribution in [0.3, 0.4) is 0 Å². The minimum absolute atomic E-state index is 0.00690. The molecule has 1 aromatic rings. The highest BCUT2D eigenvalue weighted by molar-refractivity contribution is 5.29. The number of hydrogen-bond donors (Lipinski definition) is 1. The summed E-state index contributed by atoms with van der Waals surface area (Å²) in [6.07, 6.45) is 3.75. The highest BCUT2D eigenvalue weighted by atomic mass is 16.5. The van der Waals surface area contributed by atoms with E-state index < -0.39 is 0 Å². The van der Waals surface area contributed by atoms with Crippen molar-refractivity contribution in [3.8, 4) is 5.88 Å². The van der Waals surface area contributed by atoms with Gasteiger partial charge in [-0.05, 0) is 24.8 Å². The number of aromatic nitrogens is 1. The first-order chi connectivity index (χ1) is 7.83. The first-order valence-corrected chi connectivity index (χ1v) is 5.65. The number of nitrogens with zero attached hydrogens (tertiary/aromatic N) is 1. The molecule has 4 nitrogen and oxygen atoms in total. The van der Waals surface area contributed by atoms with E-state index in [2.05, 4.69) is 4.98 Å². The molecule has 1 unspecified atom stereocenters. The van der Waals surface area contributed by atoms with Gasteiger partial charge in [-0.25, -0.2) is 4.98 Å². The maximum absolute atomic E-state index is 6.27. The van der Waals surface area contributed by atoms with Crippen LogP contribution in [0.4, 0.5) is 0 Å². The third-order valence-corrected chi connectivity index (χ3v) is 3.13. The van der Waals surface area contributed by atoms with Crippen molar-refractivity contribution in [2.24, 2.45) is 11.7 Å². The predicted octanol–water partition coefficient (Wildman–Crippen LogP) is 1.52. The zero-order valence-corrected chi connectivity index (χ0v) is 9.56. The zero-order valence-electron chi connectivity index (χ0n) is 9.56. The molecule has 88 valence electrons. The Labute approximate surface area is 95.8 Å². The van der Waals surface area contributed by atoms with E-state index in [4.69, 9.17) is 15.2 Å². The van der Waals surface area contributed by atoms with Crippen LogP contribution in [-0.2, 0) is 4.74 Å². The number of pyridine rings is 1. The molecule has 0 bridgehead atoms. The van der Waals surface area contributed by atoms with Gasteiger partial charge in [-0.2, -0.15) is 0 Å². The molecule has 1 saturated heterocycles. The van der Waals surface area contributed by atoms with Crippen LogP contribution in [0, 0.1) is 5.92 Å². The van der Waals surface area contributed by atoms with Crippen molar-refractivity contribution >= 4 is 0 Å². The predicted molar refractivity (Wildman–Crippen MR) is 61.3 cm³/mol. The van der Waals surface area contributed by atoms with Crippen molar-refractivity contribution in [2.45, 2.75) is 18.9 Å². The van der Waals surface area contributed by atoms with E-state index in [1.165, 1.54) is 0 Å². The normalized spacial score (nSPS) is 19.4. The highest BCUT2D eigenvalue weighted by Crippen LogP contribution is 2.31. The van der Waals surface area contributed by atoms with E-state index in [-0.39, 0.29) is 6.04 Å². The Morgan fingerprint density at radius 2 is 2.25 bits per heavy atom. The lowest BCUT2D eigenvalue weighted by Crippen LogP contribution is -2.27. The van der Waals surface area contributed by atoms with Crippen molar-refractivity contribution < 1.29 is 9.47 Å². The molecule has 0 radical (unpaired) electrons. The summed E-state index contributed by atoms with van der Waals surface area (Å²) >= 11 is 0. The SMILES string of the molecule is COc1ncccc1C(N)C1CCOCC1. The van der Waals surface area contributed by atoms with Gasteiger partial charge in [-0.1, -0.05) is 6.07 Å². The Morgan fingerprint density at radius 1 is 1.50 bits per heavy atom. The molecule has 0 saturated carbocycles. The summed E-state index contributed by atoms with van der Waals surface area (Å²) in [6.45, 7) is 1.61. The molecule has 1 fully saturated rings. The summed E-state index contributed by atoms with van der Waals surface area (Å²) in [5, 5.41) is 0. The number of methoxy groups -OCH3 is 1. The van der Waals surface area contributed by atoms with Gasteiger partial charge in [-0.15, -0.1) is 0 Å². The third-order valence-electron chi connectivity index (χ3n) is 3.13. The van der Waals surface area contributed by atoms with Gasteiger partial charge < -0.3 is 15.2 Å². The Hall–Kier alpha value is -1.13. The molecule has 4 heteroatoms. The molecule has 2 N–H and O–H groups in total. The lowest BCUT2D eigenvalue weighted by molar-refractivity contribution is 0.0580. The highest BCUT2D eigenvalue weighted by Gasteiger charge is 2.24. The Kier molecular flexibility index (Phi) is 3.74. The van der Waals surface area contributed by atoms with Crippen molar-refractivity contribution in [1.82, 2.24) is 4.98 Å². The third kappa shape index (κ3) is 2.33. The van der Waals surface area contributed by atoms with Crippen molar-refractivity contribution in [2.75, 3.05) is 20.3 Å². The fraction of sp³-hybridized carbons (Fsp3) is 0.583. The van der Waals surface area contributed by atoms with Gasteiger partial charge in [0.15, 0.2) is 0 Å². The van der Waals surface area contributed by atoms with E-state index in [1.54, 1.807) is 13.3 Å². The fourth-order valence-corrected chi connectivity index (χ4v) is 2.16. The molecule has 1 atom stereocenters. The average Bonchev–Trinajstić information content (AvgIpc) is 2.39. The monoisotopic (exact) mass is 222 g/mol. The van der Waals surface area contributed by atoms with Gasteiger partial charge in [-0.3, -0.25) is 0 Å². The van der Waals surface area contributed by atoms with Crippen LogP contribution < -0.4 is 10.5 Å². The van der Waals surface area contributed by atoms with Crippen LogP contribution in [0.1, 0.15) is 24.4 Å². The van der Waals surface area contributed by atoms with Crippen LogP contribution in [0.15, 0.2) is 18.3 Å². The molecule has 0 spiro atoms. The van der Waals surface area contributed by atoms with Crippen LogP contribution in [-0.4, -0.2) is 25.3 Å². The van der Waals surface area contributed by atoms with Gasteiger partial charge in [0, 0.05) is 31.0 Å². The first kappa shape index (κ1) is 11.4. The first-order valence-electron chi connectivity index (χ1n) is 5.65. The molecule has 16 heavy (non-hydrogen) atoms. The minimum atomic E-state index is -0.00690. The standard InChI is InChI=1S/C12H18N2O2/c1-15-12-10(3-2-6-14-12)11(13)9-4-7-16-8-5-9/h2-3,6,9,11H,4-5,7-8,13H2,1H3. The quantitative estimate of drug-likeness (QED) is 0.842. The lowest BCUT2D eigenvalue weighted by atomic mass is 9.88. The molecule has 1 aliphatic heterocycles. The summed E-state index contributed by atoms with van der Waals surface area (Å²) in [4.78, 5) is 4.18. The van der Waals surface area contributed by atoms with E-state index >= 15 is 0 Å². The molecule has 2 heterocycles. The van der Waals surface area contributed by atoms with Gasteiger partial charge >= 0.3 is 0 Å². The number of hydrogen-bond acceptors (Lipinski definition) is 4. The molecular weight excluding hydrogens is 204 g/mol. The van der Waals surface area contributed by atoms with Gasteiger partial charge in [0.1, 0.15) is 0 Å². The lowest BCUT2D eigenvalue weighted by Gasteiger charge is -2.28. The Morgan fingerprint density at radius 3 is 2.94 bits per heavy atom. The molecule has 1 aromatic heterocycles. The summed E-state index contributed by atoms with van der Waals surface area (Å²) in [5.74, 6) is 1.10. The number of nitrogens with two attached hydrogens (primary N) is 1. The van der Waals surface area contributed by atoms with E-state index in [0.717, 1.165) is 31.6 Å². The second-order valence-corrected chi connectivity index (χ2v) is 4.08. The maximum Gasteiger partial charge on any atom is 0.217 e. The Bertz CT molecular complexity index is 338. The van der Waals surface area contributed by atoms with Gasteiger partial charge in [0.2, 0.25) is 5.88 Å². The fourth-order valence-electron chi connectivity index (χ4n) is 2.16. The van der Waals surface area contributed by atoms with Crippen LogP contribution in [0.5, 0.6) is 5.88 Å². The summed E-state index contributed by atoms with van der Waals surface area (Å²) in [6, 6.07) is 3.88. The molecule has 2 rings (SSSR count). The topological polar surface area (TPSA) is 57.4 Å². The maximum atomic E-state index is 6.27. The van der Waals surface area contributed by atoms with Crippen LogP contribution in [0.2, 0.25) is 0 Å². The molecular formula is C12H18N2O2. The molecule has 1 aliphatic rings. The van der Waals surface area contributed by atoms with Crippen molar-refractivity contribution in [1.29, 1.82) is 0 Å². The van der Waals surface area contributed by atoms with Gasteiger partial charge in [0.25, 0.3) is 0 Å². The van der Waals surface area contributed by atoms with Crippen LogP contribution in [0.25, 0.3) is 0 Å². The summed E-state index contributed by atoms with van der Waals surface area (Å²) in [7, 11) is 1.63.